The van der Waals surface area contributed by atoms with Crippen LogP contribution in [0.15, 0.2) is 138 Å². The molecule has 0 atom stereocenters. The molecule has 0 spiro atoms. The average molecular weight is 615 g/mol. The van der Waals surface area contributed by atoms with Crippen LogP contribution in [0, 0.1) is 6.92 Å². The Labute approximate surface area is 264 Å². The van der Waals surface area contributed by atoms with Crippen LogP contribution in [-0.4, -0.2) is 18.9 Å². The van der Waals surface area contributed by atoms with E-state index >= 15 is 0 Å². The van der Waals surface area contributed by atoms with E-state index in [-0.39, 0.29) is 11.3 Å². The van der Waals surface area contributed by atoms with E-state index < -0.39 is 15.9 Å². The molecule has 5 aromatic carbocycles. The standard InChI is InChI=1S/C38H34N2O4S/c1-28-12-22-35(23-13-28)45(42,43)39-38(41)25-16-30-15-24-37-36(26-30)31(17-14-29-8-4-2-5-9-29)27-40(37)32-18-20-34(21-19-32)44-33-10-6-3-7-11-33/h2-13,15,18-24,26-27H,14,16-17,25H2,1H3,(H,39,41). The largest absolute Gasteiger partial charge is 0.457 e. The smallest absolute Gasteiger partial charge is 0.264 e. The number of sulfonamides is 1. The third kappa shape index (κ3) is 7.33. The van der Waals surface area contributed by atoms with Crippen molar-refractivity contribution in [2.45, 2.75) is 37.5 Å². The van der Waals surface area contributed by atoms with Crippen LogP contribution in [0.25, 0.3) is 16.6 Å². The lowest BCUT2D eigenvalue weighted by molar-refractivity contribution is -0.119. The van der Waals surface area contributed by atoms with Crippen molar-refractivity contribution in [2.24, 2.45) is 0 Å². The van der Waals surface area contributed by atoms with Crippen molar-refractivity contribution in [3.63, 3.8) is 0 Å². The van der Waals surface area contributed by atoms with Crippen molar-refractivity contribution < 1.29 is 17.9 Å². The van der Waals surface area contributed by atoms with Gasteiger partial charge in [0.25, 0.3) is 10.0 Å². The van der Waals surface area contributed by atoms with Crippen LogP contribution in [0.2, 0.25) is 0 Å². The Kier molecular flexibility index (Phi) is 8.80. The molecule has 0 fully saturated rings. The molecule has 0 unspecified atom stereocenters. The van der Waals surface area contributed by atoms with Gasteiger partial charge in [0, 0.05) is 23.7 Å². The first-order valence-electron chi connectivity index (χ1n) is 15.0. The maximum Gasteiger partial charge on any atom is 0.264 e. The second-order valence-corrected chi connectivity index (χ2v) is 12.8. The Bertz CT molecular complexity index is 2020. The van der Waals surface area contributed by atoms with Crippen LogP contribution >= 0.6 is 0 Å². The van der Waals surface area contributed by atoms with E-state index in [2.05, 4.69) is 51.9 Å². The summed E-state index contributed by atoms with van der Waals surface area (Å²) in [6.07, 6.45) is 4.40. The first-order chi connectivity index (χ1) is 21.8. The molecule has 226 valence electrons. The van der Waals surface area contributed by atoms with Crippen LogP contribution in [-0.2, 0) is 34.1 Å². The van der Waals surface area contributed by atoms with Gasteiger partial charge in [-0.15, -0.1) is 0 Å². The Balaban J connectivity index is 1.22. The van der Waals surface area contributed by atoms with Crippen molar-refractivity contribution in [1.29, 1.82) is 0 Å². The van der Waals surface area contributed by atoms with E-state index in [1.807, 2.05) is 73.7 Å². The van der Waals surface area contributed by atoms with E-state index in [9.17, 15) is 13.2 Å². The molecule has 1 heterocycles. The summed E-state index contributed by atoms with van der Waals surface area (Å²) in [5, 5.41) is 1.11. The molecule has 0 saturated carbocycles. The fourth-order valence-electron chi connectivity index (χ4n) is 5.37. The van der Waals surface area contributed by atoms with Crippen molar-refractivity contribution >= 4 is 26.8 Å². The van der Waals surface area contributed by atoms with Crippen molar-refractivity contribution in [3.8, 4) is 17.2 Å². The summed E-state index contributed by atoms with van der Waals surface area (Å²) in [6.45, 7) is 1.88. The van der Waals surface area contributed by atoms with Crippen LogP contribution < -0.4 is 9.46 Å². The number of hydrogen-bond acceptors (Lipinski definition) is 4. The Hall–Kier alpha value is -5.14. The first kappa shape index (κ1) is 29.9. The van der Waals surface area contributed by atoms with Crippen molar-refractivity contribution in [2.75, 3.05) is 0 Å². The van der Waals surface area contributed by atoms with Gasteiger partial charge in [-0.05, 0) is 104 Å². The summed E-state index contributed by atoms with van der Waals surface area (Å²) < 4.78 is 35.8. The molecule has 0 aliphatic heterocycles. The molecule has 1 N–H and O–H groups in total. The lowest BCUT2D eigenvalue weighted by Gasteiger charge is -2.09. The van der Waals surface area contributed by atoms with Gasteiger partial charge < -0.3 is 9.30 Å². The number of carbonyl (C=O) groups is 1. The molecule has 1 amide bonds. The number of para-hydroxylation sites is 1. The van der Waals surface area contributed by atoms with Crippen LogP contribution in [0.3, 0.4) is 0 Å². The van der Waals surface area contributed by atoms with Gasteiger partial charge in [-0.3, -0.25) is 4.79 Å². The topological polar surface area (TPSA) is 77.4 Å². The zero-order valence-electron chi connectivity index (χ0n) is 25.0. The summed E-state index contributed by atoms with van der Waals surface area (Å²) in [5.41, 5.74) is 6.46. The Morgan fingerprint density at radius 2 is 1.38 bits per heavy atom. The number of nitrogens with zero attached hydrogens (tertiary/aromatic N) is 1. The van der Waals surface area contributed by atoms with E-state index in [4.69, 9.17) is 4.74 Å². The Morgan fingerprint density at radius 3 is 2.09 bits per heavy atom. The number of aromatic nitrogens is 1. The number of ether oxygens (including phenoxy) is 1. The van der Waals surface area contributed by atoms with Gasteiger partial charge in [-0.2, -0.15) is 0 Å². The molecular formula is C38H34N2O4S. The van der Waals surface area contributed by atoms with Gasteiger partial charge in [0.05, 0.1) is 10.4 Å². The highest BCUT2D eigenvalue weighted by atomic mass is 32.2. The highest BCUT2D eigenvalue weighted by Gasteiger charge is 2.18. The summed E-state index contributed by atoms with van der Waals surface area (Å²) in [6, 6.07) is 40.8. The molecule has 6 aromatic rings. The second-order valence-electron chi connectivity index (χ2n) is 11.1. The Morgan fingerprint density at radius 1 is 0.711 bits per heavy atom. The highest BCUT2D eigenvalue weighted by molar-refractivity contribution is 7.90. The zero-order valence-corrected chi connectivity index (χ0v) is 25.8. The van der Waals surface area contributed by atoms with Crippen molar-refractivity contribution in [3.05, 3.63) is 156 Å². The quantitative estimate of drug-likeness (QED) is 0.161. The molecule has 6 nitrogen and oxygen atoms in total. The third-order valence-electron chi connectivity index (χ3n) is 7.79. The van der Waals surface area contributed by atoms with Crippen LogP contribution in [0.5, 0.6) is 11.5 Å². The van der Waals surface area contributed by atoms with Gasteiger partial charge in [0.15, 0.2) is 0 Å². The number of benzene rings is 5. The van der Waals surface area contributed by atoms with Crippen molar-refractivity contribution in [1.82, 2.24) is 9.29 Å². The van der Waals surface area contributed by atoms with Gasteiger partial charge in [-0.1, -0.05) is 72.3 Å². The molecule has 0 radical (unpaired) electrons. The number of fused-ring (bicyclic) bond motifs is 1. The molecule has 0 saturated heterocycles. The van der Waals surface area contributed by atoms with Gasteiger partial charge in [0.1, 0.15) is 11.5 Å². The lowest BCUT2D eigenvalue weighted by atomic mass is 10.0. The predicted octanol–water partition coefficient (Wildman–Crippen LogP) is 7.95. The minimum Gasteiger partial charge on any atom is -0.457 e. The molecule has 1 aromatic heterocycles. The lowest BCUT2D eigenvalue weighted by Crippen LogP contribution is -2.30. The molecule has 0 aliphatic carbocycles. The fraction of sp³-hybridized carbons (Fsp3) is 0.132. The van der Waals surface area contributed by atoms with E-state index in [0.717, 1.165) is 52.1 Å². The van der Waals surface area contributed by atoms with E-state index in [0.29, 0.717) is 6.42 Å². The van der Waals surface area contributed by atoms with E-state index in [1.165, 1.54) is 23.3 Å². The minimum atomic E-state index is -3.92. The van der Waals surface area contributed by atoms with Gasteiger partial charge in [0.2, 0.25) is 5.91 Å². The summed E-state index contributed by atoms with van der Waals surface area (Å²) >= 11 is 0. The molecule has 45 heavy (non-hydrogen) atoms. The molecule has 6 rings (SSSR count). The molecule has 7 heteroatoms. The molecule has 0 aliphatic rings. The van der Waals surface area contributed by atoms with Crippen LogP contribution in [0.4, 0.5) is 0 Å². The molecular weight excluding hydrogens is 580 g/mol. The monoisotopic (exact) mass is 614 g/mol. The minimum absolute atomic E-state index is 0.0551. The zero-order chi connectivity index (χ0) is 31.2. The van der Waals surface area contributed by atoms with Gasteiger partial charge >= 0.3 is 0 Å². The number of hydrogen-bond donors (Lipinski definition) is 1. The predicted molar refractivity (Wildman–Crippen MR) is 178 cm³/mol. The number of amides is 1. The second kappa shape index (κ2) is 13.2. The molecule has 0 bridgehead atoms. The van der Waals surface area contributed by atoms with Crippen LogP contribution in [0.1, 0.15) is 28.7 Å². The first-order valence-corrected chi connectivity index (χ1v) is 16.4. The maximum absolute atomic E-state index is 12.7. The number of carbonyl (C=O) groups excluding carboxylic acids is 1. The highest BCUT2D eigenvalue weighted by Crippen LogP contribution is 2.29. The number of aryl methyl sites for hydroxylation is 4. The summed E-state index contributed by atoms with van der Waals surface area (Å²) in [4.78, 5) is 12.8. The van der Waals surface area contributed by atoms with Gasteiger partial charge in [-0.25, -0.2) is 13.1 Å². The normalized spacial score (nSPS) is 11.4. The number of rotatable bonds is 11. The SMILES string of the molecule is Cc1ccc(S(=O)(=O)NC(=O)CCc2ccc3c(c2)c(CCc2ccccc2)cn3-c2ccc(Oc3ccccc3)cc2)cc1. The summed E-state index contributed by atoms with van der Waals surface area (Å²) in [7, 11) is -3.92. The fourth-order valence-corrected chi connectivity index (χ4v) is 6.39. The maximum atomic E-state index is 12.7. The summed E-state index contributed by atoms with van der Waals surface area (Å²) in [5.74, 6) is 1.01. The third-order valence-corrected chi connectivity index (χ3v) is 9.18. The number of nitrogens with one attached hydrogen (secondary N) is 1. The van der Waals surface area contributed by atoms with E-state index in [1.54, 1.807) is 12.1 Å². The average Bonchev–Trinajstić information content (AvgIpc) is 3.42.